The number of anilines is 2. The molecule has 1 heterocycles. The number of hydrogen-bond donors (Lipinski definition) is 16. The lowest BCUT2D eigenvalue weighted by atomic mass is 10.00. The molecule has 0 radical (unpaired) electrons. The van der Waals surface area contributed by atoms with E-state index < -0.39 is 81.0 Å². The van der Waals surface area contributed by atoms with E-state index in [0.717, 1.165) is 36.0 Å². The zero-order valence-electron chi connectivity index (χ0n) is 32.7. The van der Waals surface area contributed by atoms with Gasteiger partial charge in [-0.25, -0.2) is 9.97 Å². The summed E-state index contributed by atoms with van der Waals surface area (Å²) in [5, 5.41) is 115. The average Bonchev–Trinajstić information content (AvgIpc) is 3.23. The number of carbonyl (C=O) groups excluding carboxylic acids is 2. The summed E-state index contributed by atoms with van der Waals surface area (Å²) in [6.07, 6.45) is -12.4. The van der Waals surface area contributed by atoms with Gasteiger partial charge < -0.3 is 73.2 Å². The molecule has 332 valence electrons. The molecule has 2 aromatic carbocycles. The highest BCUT2D eigenvalue weighted by Crippen LogP contribution is 2.22. The number of nitrogens with one attached hydrogen (secondary N) is 4. The van der Waals surface area contributed by atoms with Crippen molar-refractivity contribution in [3.8, 4) is 11.1 Å². The van der Waals surface area contributed by atoms with Gasteiger partial charge >= 0.3 is 0 Å². The Balaban J connectivity index is 1.45. The van der Waals surface area contributed by atoms with Crippen molar-refractivity contribution < 1.29 is 60.7 Å². The van der Waals surface area contributed by atoms with E-state index in [-0.39, 0.29) is 53.9 Å². The second-order valence-corrected chi connectivity index (χ2v) is 14.5. The van der Waals surface area contributed by atoms with Crippen molar-refractivity contribution in [2.75, 3.05) is 57.4 Å². The molecule has 8 atom stereocenters. The Bertz CT molecular complexity index is 1790. The average molecular weight is 866 g/mol. The summed E-state index contributed by atoms with van der Waals surface area (Å²) < 4.78 is 0. The quantitative estimate of drug-likeness (QED) is 0.0232. The van der Waals surface area contributed by atoms with E-state index in [1.165, 1.54) is 4.90 Å². The van der Waals surface area contributed by atoms with Crippen LogP contribution in [-0.4, -0.2) is 178 Å². The molecule has 18 N–H and O–H groups in total. The maximum atomic E-state index is 12.8. The second kappa shape index (κ2) is 24.6. The van der Waals surface area contributed by atoms with Crippen molar-refractivity contribution in [2.45, 2.75) is 74.5 Å². The fraction of sp³-hybridized carbons (Fsp3) is 0.500. The maximum Gasteiger partial charge on any atom is 0.280 e. The summed E-state index contributed by atoms with van der Waals surface area (Å²) in [6.45, 7) is -2.38. The normalized spacial score (nSPS) is 15.6. The number of nitrogen functional groups attached to an aromatic ring is 2. The van der Waals surface area contributed by atoms with Gasteiger partial charge in [0, 0.05) is 32.7 Å². The van der Waals surface area contributed by atoms with Crippen molar-refractivity contribution >= 4 is 41.0 Å². The molecular weight excluding hydrogens is 810 g/mol. The van der Waals surface area contributed by atoms with Crippen LogP contribution in [0, 0.1) is 5.41 Å². The van der Waals surface area contributed by atoms with Crippen molar-refractivity contribution in [2.24, 2.45) is 0 Å². The van der Waals surface area contributed by atoms with E-state index in [0.29, 0.717) is 12.1 Å². The first-order valence-electron chi connectivity index (χ1n) is 19.0. The number of nitrogens with two attached hydrogens (primary N) is 2. The van der Waals surface area contributed by atoms with E-state index in [4.69, 9.17) is 38.7 Å². The van der Waals surface area contributed by atoms with Crippen LogP contribution >= 0.6 is 11.6 Å². The Morgan fingerprint density at radius 1 is 0.683 bits per heavy atom. The monoisotopic (exact) mass is 865 g/mol. The van der Waals surface area contributed by atoms with Crippen LogP contribution in [0.4, 0.5) is 11.6 Å². The van der Waals surface area contributed by atoms with Crippen LogP contribution in [0.25, 0.3) is 11.1 Å². The minimum absolute atomic E-state index is 0.0137. The van der Waals surface area contributed by atoms with Gasteiger partial charge in [0.1, 0.15) is 36.6 Å². The number of nitrogens with zero attached hydrogens (tertiary/aromatic N) is 3. The molecule has 22 heteroatoms. The fourth-order valence-corrected chi connectivity index (χ4v) is 6.03. The third kappa shape index (κ3) is 15.4. The number of aliphatic hydroxyl groups is 10. The van der Waals surface area contributed by atoms with Crippen LogP contribution in [-0.2, 0) is 17.6 Å². The fourth-order valence-electron chi connectivity index (χ4n) is 5.90. The number of aromatic nitrogens is 2. The molecule has 3 rings (SSSR count). The first kappa shape index (κ1) is 49.7. The van der Waals surface area contributed by atoms with Gasteiger partial charge in [-0.05, 0) is 41.5 Å². The van der Waals surface area contributed by atoms with Gasteiger partial charge in [-0.1, -0.05) is 60.1 Å². The highest BCUT2D eigenvalue weighted by Gasteiger charge is 2.34. The van der Waals surface area contributed by atoms with E-state index in [1.807, 2.05) is 48.5 Å². The van der Waals surface area contributed by atoms with Crippen molar-refractivity contribution in [1.29, 1.82) is 5.41 Å². The minimum atomic E-state index is -1.93. The van der Waals surface area contributed by atoms with Gasteiger partial charge in [0.15, 0.2) is 28.4 Å². The summed E-state index contributed by atoms with van der Waals surface area (Å²) >= 11 is 5.81. The second-order valence-electron chi connectivity index (χ2n) is 14.1. The molecule has 0 aliphatic carbocycles. The Labute approximate surface area is 350 Å². The number of carbonyl (C=O) groups is 2. The summed E-state index contributed by atoms with van der Waals surface area (Å²) in [5.74, 6) is -1.66. The first-order chi connectivity index (χ1) is 28.4. The molecule has 0 spiro atoms. The molecular formula is C38H56ClN9O12. The van der Waals surface area contributed by atoms with E-state index in [2.05, 4.69) is 25.9 Å². The zero-order chi connectivity index (χ0) is 44.5. The van der Waals surface area contributed by atoms with E-state index >= 15 is 0 Å². The minimum Gasteiger partial charge on any atom is -0.394 e. The van der Waals surface area contributed by atoms with E-state index in [1.54, 1.807) is 0 Å². The lowest BCUT2D eigenvalue weighted by molar-refractivity contribution is -0.130. The Kier molecular flexibility index (Phi) is 20.4. The SMILES string of the molecule is N=C(NCCCCc1ccc(-c2ccc(CC(=O)NCCN(C[C@H](O)[C@@H](O)[C@H](O)[C@H](O)CO)C[C@H](O)[C@@H](O)[C@H](O)[C@H](O)CO)cc2)cc1)NC(=O)c1nc(Cl)c(N)nc1N. The molecule has 0 unspecified atom stereocenters. The number of benzene rings is 2. The number of hydrogen-bond acceptors (Lipinski definition) is 18. The van der Waals surface area contributed by atoms with Crippen LogP contribution in [0.2, 0.25) is 5.15 Å². The molecule has 2 amide bonds. The Morgan fingerprint density at radius 3 is 1.70 bits per heavy atom. The molecule has 3 aromatic rings. The molecule has 0 fully saturated rings. The van der Waals surface area contributed by atoms with Gasteiger partial charge in [0.05, 0.1) is 31.8 Å². The highest BCUT2D eigenvalue weighted by atomic mass is 35.5. The van der Waals surface area contributed by atoms with Crippen LogP contribution in [0.3, 0.4) is 0 Å². The summed E-state index contributed by atoms with van der Waals surface area (Å²) in [5.41, 5.74) is 14.7. The number of amides is 2. The Hall–Kier alpha value is -4.62. The summed E-state index contributed by atoms with van der Waals surface area (Å²) in [6, 6.07) is 15.4. The number of aliphatic hydroxyl groups excluding tert-OH is 10. The maximum absolute atomic E-state index is 12.8. The number of unbranched alkanes of at least 4 members (excludes halogenated alkanes) is 1. The molecule has 0 aliphatic heterocycles. The van der Waals surface area contributed by atoms with Crippen molar-refractivity contribution in [3.05, 3.63) is 70.5 Å². The van der Waals surface area contributed by atoms with Crippen LogP contribution in [0.1, 0.15) is 34.5 Å². The van der Waals surface area contributed by atoms with Crippen LogP contribution in [0.15, 0.2) is 48.5 Å². The van der Waals surface area contributed by atoms with Crippen molar-refractivity contribution in [1.82, 2.24) is 30.8 Å². The van der Waals surface area contributed by atoms with E-state index in [9.17, 15) is 50.4 Å². The lowest BCUT2D eigenvalue weighted by Gasteiger charge is -2.33. The topological polar surface area (TPSA) is 377 Å². The first-order valence-corrected chi connectivity index (χ1v) is 19.4. The smallest absolute Gasteiger partial charge is 0.280 e. The van der Waals surface area contributed by atoms with Gasteiger partial charge in [-0.2, -0.15) is 0 Å². The van der Waals surface area contributed by atoms with Gasteiger partial charge in [0.2, 0.25) is 5.91 Å². The number of aryl methyl sites for hydroxylation is 1. The molecule has 0 aliphatic rings. The predicted molar refractivity (Wildman–Crippen MR) is 219 cm³/mol. The summed E-state index contributed by atoms with van der Waals surface area (Å²) in [7, 11) is 0. The number of guanidine groups is 1. The third-order valence-electron chi connectivity index (χ3n) is 9.45. The largest absolute Gasteiger partial charge is 0.394 e. The molecule has 0 saturated heterocycles. The van der Waals surface area contributed by atoms with Crippen LogP contribution in [0.5, 0.6) is 0 Å². The van der Waals surface area contributed by atoms with Gasteiger partial charge in [-0.3, -0.25) is 25.2 Å². The highest BCUT2D eigenvalue weighted by molar-refractivity contribution is 6.31. The third-order valence-corrected chi connectivity index (χ3v) is 9.73. The standard InChI is InChI=1S/C38H56ClN9O12/c39-34-36(41)46-35(40)29(45-34)37(60)47-38(42)44-12-2-1-3-20-4-8-22(9-5-20)23-10-6-21(7-11-23)15-28(55)43-13-14-48(16-24(51)30(56)32(58)26(53)18-49)17-25(52)31(57)33(59)27(54)19-50/h4-11,24-27,30-33,49-54,56-59H,1-3,12-19H2,(H,43,55)(H4,40,41,46)(H3,42,44,47,60)/t24-,25-,26+,27+,30+,31+,32+,33+/m0/s1. The molecule has 60 heavy (non-hydrogen) atoms. The number of halogens is 1. The van der Waals surface area contributed by atoms with Crippen LogP contribution < -0.4 is 27.4 Å². The Morgan fingerprint density at radius 2 is 1.18 bits per heavy atom. The summed E-state index contributed by atoms with van der Waals surface area (Å²) in [4.78, 5) is 34.0. The number of rotatable bonds is 24. The molecule has 1 aromatic heterocycles. The molecule has 21 nitrogen and oxygen atoms in total. The molecule has 0 saturated carbocycles. The van der Waals surface area contributed by atoms with Gasteiger partial charge in [0.25, 0.3) is 5.91 Å². The zero-order valence-corrected chi connectivity index (χ0v) is 33.4. The van der Waals surface area contributed by atoms with Gasteiger partial charge in [-0.15, -0.1) is 0 Å². The lowest BCUT2D eigenvalue weighted by Crippen LogP contribution is -2.54. The molecule has 0 bridgehead atoms. The predicted octanol–water partition coefficient (Wildman–Crippen LogP) is -3.93. The van der Waals surface area contributed by atoms with Crippen molar-refractivity contribution in [3.63, 3.8) is 0 Å².